The summed E-state index contributed by atoms with van der Waals surface area (Å²) in [5.41, 5.74) is 0. The highest BCUT2D eigenvalue weighted by molar-refractivity contribution is 5.39. The van der Waals surface area contributed by atoms with Gasteiger partial charge in [-0.25, -0.2) is 0 Å². The van der Waals surface area contributed by atoms with Crippen molar-refractivity contribution in [3.8, 4) is 0 Å². The molecule has 0 bridgehead atoms. The highest BCUT2D eigenvalue weighted by Gasteiger charge is 2.92. The Kier molecular flexibility index (Phi) is 0.843. The van der Waals surface area contributed by atoms with Gasteiger partial charge in [-0.1, -0.05) is 0 Å². The van der Waals surface area contributed by atoms with Crippen LogP contribution in [-0.4, -0.2) is 0 Å². The zero-order valence-electron chi connectivity index (χ0n) is 11.8. The molecule has 10 aliphatic rings. The second-order valence-electron chi connectivity index (χ2n) is 11.2. The molecule has 0 heterocycles. The van der Waals surface area contributed by atoms with Crippen LogP contribution in [0.15, 0.2) is 0 Å². The van der Waals surface area contributed by atoms with Crippen LogP contribution < -0.4 is 0 Å². The van der Waals surface area contributed by atoms with Crippen LogP contribution in [0.3, 0.4) is 0 Å². The molecule has 0 aromatic heterocycles. The van der Waals surface area contributed by atoms with Crippen LogP contribution in [0.1, 0.15) is 12.8 Å². The minimum Gasteiger partial charge on any atom is -0.0464 e. The lowest BCUT2D eigenvalue weighted by Gasteiger charge is -2.34. The SMILES string of the molecule is C1[C@@H]2C3C4C5C6C7C4C4[C@H]3C[C@H]3C8C(C6[C@@H](C52)[C@H]18)C7[C@H]43. The molecule has 0 aliphatic heterocycles. The van der Waals surface area contributed by atoms with E-state index in [9.17, 15) is 0 Å². The zero-order valence-corrected chi connectivity index (χ0v) is 11.8. The van der Waals surface area contributed by atoms with Gasteiger partial charge in [0.1, 0.15) is 0 Å². The highest BCUT2D eigenvalue weighted by Crippen LogP contribution is 2.96. The molecule has 10 rings (SSSR count). The fourth-order valence-corrected chi connectivity index (χ4v) is 14.2. The van der Waals surface area contributed by atoms with Crippen molar-refractivity contribution >= 4 is 0 Å². The summed E-state index contributed by atoms with van der Waals surface area (Å²) in [6.45, 7) is 0. The second-order valence-corrected chi connectivity index (χ2v) is 11.2. The van der Waals surface area contributed by atoms with Crippen molar-refractivity contribution < 1.29 is 0 Å². The first-order chi connectivity index (χ1) is 9.97. The van der Waals surface area contributed by atoms with Gasteiger partial charge >= 0.3 is 0 Å². The molecule has 102 valence electrons. The molecule has 10 aliphatic carbocycles. The smallest absolute Gasteiger partial charge is 0.0312 e. The van der Waals surface area contributed by atoms with E-state index in [1.54, 1.807) is 12.8 Å². The molecule has 10 saturated carbocycles. The molecule has 0 spiro atoms. The summed E-state index contributed by atoms with van der Waals surface area (Å²) in [4.78, 5) is 0. The lowest BCUT2D eigenvalue weighted by atomic mass is 9.70. The van der Waals surface area contributed by atoms with E-state index in [4.69, 9.17) is 0 Å². The van der Waals surface area contributed by atoms with E-state index in [2.05, 4.69) is 0 Å². The normalized spacial score (nSPS) is 99.6. The summed E-state index contributed by atoms with van der Waals surface area (Å²) in [6.07, 6.45) is 3.52. The van der Waals surface area contributed by atoms with Crippen molar-refractivity contribution in [3.05, 3.63) is 0 Å². The third-order valence-corrected chi connectivity index (χ3v) is 12.6. The molecule has 0 heteroatoms. The van der Waals surface area contributed by atoms with Crippen molar-refractivity contribution in [2.24, 2.45) is 107 Å². The summed E-state index contributed by atoms with van der Waals surface area (Å²) in [5, 5.41) is 0. The maximum Gasteiger partial charge on any atom is -0.0312 e. The van der Waals surface area contributed by atoms with Gasteiger partial charge in [-0.05, 0) is 119 Å². The van der Waals surface area contributed by atoms with Gasteiger partial charge in [0.2, 0.25) is 0 Å². The summed E-state index contributed by atoms with van der Waals surface area (Å²) in [5.74, 6) is 23.5. The van der Waals surface area contributed by atoms with Crippen molar-refractivity contribution in [2.75, 3.05) is 0 Å². The molecule has 0 N–H and O–H groups in total. The Balaban J connectivity index is 1.50. The van der Waals surface area contributed by atoms with Gasteiger partial charge in [-0.2, -0.15) is 0 Å². The van der Waals surface area contributed by atoms with E-state index in [1.807, 2.05) is 0 Å². The third-order valence-electron chi connectivity index (χ3n) is 12.6. The Morgan fingerprint density at radius 2 is 0.500 bits per heavy atom. The van der Waals surface area contributed by atoms with Crippen molar-refractivity contribution in [1.29, 1.82) is 0 Å². The maximum absolute atomic E-state index is 1.76. The van der Waals surface area contributed by atoms with E-state index < -0.39 is 0 Å². The predicted molar refractivity (Wildman–Crippen MR) is 72.1 cm³/mol. The fourth-order valence-electron chi connectivity index (χ4n) is 14.2. The van der Waals surface area contributed by atoms with Gasteiger partial charge in [0.15, 0.2) is 0 Å². The van der Waals surface area contributed by atoms with Gasteiger partial charge < -0.3 is 0 Å². The van der Waals surface area contributed by atoms with Crippen LogP contribution >= 0.6 is 0 Å². The summed E-state index contributed by atoms with van der Waals surface area (Å²) in [7, 11) is 0. The van der Waals surface area contributed by atoms with E-state index >= 15 is 0 Å². The van der Waals surface area contributed by atoms with E-state index in [0.717, 1.165) is 0 Å². The highest BCUT2D eigenvalue weighted by atomic mass is 15.0. The molecular formula is C20H22. The van der Waals surface area contributed by atoms with Gasteiger partial charge in [0.05, 0.1) is 0 Å². The van der Waals surface area contributed by atoms with Crippen LogP contribution in [0.25, 0.3) is 0 Å². The second kappa shape index (κ2) is 1.96. The Morgan fingerprint density at radius 3 is 0.850 bits per heavy atom. The first-order valence-corrected chi connectivity index (χ1v) is 9.97. The van der Waals surface area contributed by atoms with Gasteiger partial charge in [-0.3, -0.25) is 0 Å². The monoisotopic (exact) mass is 262 g/mol. The number of fused-ring (bicyclic) bond motifs is 4. The summed E-state index contributed by atoms with van der Waals surface area (Å²) >= 11 is 0. The van der Waals surface area contributed by atoms with Crippen LogP contribution in [0.2, 0.25) is 0 Å². The van der Waals surface area contributed by atoms with Gasteiger partial charge in [0, 0.05) is 0 Å². The fraction of sp³-hybridized carbons (Fsp3) is 1.00. The van der Waals surface area contributed by atoms with Crippen molar-refractivity contribution in [3.63, 3.8) is 0 Å². The van der Waals surface area contributed by atoms with Crippen LogP contribution in [0.5, 0.6) is 0 Å². The molecule has 18 atom stereocenters. The molecule has 12 unspecified atom stereocenters. The van der Waals surface area contributed by atoms with Crippen LogP contribution in [0.4, 0.5) is 0 Å². The average Bonchev–Trinajstić information content (AvgIpc) is 3.11. The lowest BCUT2D eigenvalue weighted by Crippen LogP contribution is -2.29. The topological polar surface area (TPSA) is 0 Å². The molecule has 0 saturated heterocycles. The van der Waals surface area contributed by atoms with E-state index in [0.29, 0.717) is 0 Å². The summed E-state index contributed by atoms with van der Waals surface area (Å²) in [6, 6.07) is 0. The predicted octanol–water partition coefficient (Wildman–Crippen LogP) is 2.99. The molecule has 0 aromatic rings. The van der Waals surface area contributed by atoms with Crippen molar-refractivity contribution in [2.45, 2.75) is 12.8 Å². The molecule has 20 heavy (non-hydrogen) atoms. The van der Waals surface area contributed by atoms with Gasteiger partial charge in [0.25, 0.3) is 0 Å². The Labute approximate surface area is 120 Å². The molecule has 0 aromatic carbocycles. The third kappa shape index (κ3) is 0.446. The minimum atomic E-state index is 1.28. The Hall–Kier alpha value is 0. The molecule has 10 fully saturated rings. The molecule has 0 radical (unpaired) electrons. The van der Waals surface area contributed by atoms with Gasteiger partial charge in [-0.15, -0.1) is 0 Å². The number of hydrogen-bond donors (Lipinski definition) is 0. The standard InChI is InChI=1S/C20H22/c1-3-7-5-2-6-8-4(1)10-9(3)15-13(7)17-11(5)12(6)18-14(8)16(10)19(15)20(17)18/h3-20H,1-2H2/t3-,4-,5+,6+,7?,8?,9-,10?,11+,12?,13?,14?,15?,16?,17?,18?,19?,20?. The largest absolute Gasteiger partial charge is 0.0464 e. The summed E-state index contributed by atoms with van der Waals surface area (Å²) < 4.78 is 0. The number of hydrogen-bond acceptors (Lipinski definition) is 0. The van der Waals surface area contributed by atoms with E-state index in [1.165, 1.54) is 107 Å². The lowest BCUT2D eigenvalue weighted by molar-refractivity contribution is 0.133. The first kappa shape index (κ1) is 8.59. The Bertz CT molecular complexity index is 502. The number of rotatable bonds is 0. The minimum absolute atomic E-state index is 1.28. The van der Waals surface area contributed by atoms with Crippen molar-refractivity contribution in [1.82, 2.24) is 0 Å². The molecular weight excluding hydrogens is 240 g/mol. The Morgan fingerprint density at radius 1 is 0.250 bits per heavy atom. The van der Waals surface area contributed by atoms with Crippen LogP contribution in [-0.2, 0) is 0 Å². The zero-order chi connectivity index (χ0) is 11.8. The maximum atomic E-state index is 1.76. The average molecular weight is 262 g/mol. The molecule has 0 nitrogen and oxygen atoms in total. The molecule has 0 amide bonds. The quantitative estimate of drug-likeness (QED) is 0.629. The first-order valence-electron chi connectivity index (χ1n) is 9.97. The van der Waals surface area contributed by atoms with E-state index in [-0.39, 0.29) is 0 Å². The van der Waals surface area contributed by atoms with Crippen LogP contribution in [0, 0.1) is 107 Å².